The van der Waals surface area contributed by atoms with E-state index in [1.807, 2.05) is 12.1 Å². The second-order valence-corrected chi connectivity index (χ2v) is 5.23. The van der Waals surface area contributed by atoms with Gasteiger partial charge in [0.05, 0.1) is 0 Å². The third kappa shape index (κ3) is 4.36. The summed E-state index contributed by atoms with van der Waals surface area (Å²) < 4.78 is 0. The molecule has 0 aliphatic carbocycles. The van der Waals surface area contributed by atoms with Crippen molar-refractivity contribution in [2.45, 2.75) is 37.9 Å². The molecule has 4 nitrogen and oxygen atoms in total. The Kier molecular flexibility index (Phi) is 4.75. The molecule has 0 saturated carbocycles. The lowest BCUT2D eigenvalue weighted by atomic mass is 10.0. The monoisotopic (exact) mass is 289 g/mol. The van der Waals surface area contributed by atoms with Crippen LogP contribution in [0.4, 0.5) is 0 Å². The van der Waals surface area contributed by atoms with E-state index in [-0.39, 0.29) is 11.6 Å². The fraction of sp³-hybridized carbons (Fsp3) is 0.400. The van der Waals surface area contributed by atoms with Crippen LogP contribution < -0.4 is 5.32 Å². The van der Waals surface area contributed by atoms with Crippen molar-refractivity contribution in [2.75, 3.05) is 0 Å². The third-order valence-electron chi connectivity index (χ3n) is 3.21. The summed E-state index contributed by atoms with van der Waals surface area (Å²) in [6.07, 6.45) is 7.62. The van der Waals surface area contributed by atoms with E-state index >= 15 is 0 Å². The van der Waals surface area contributed by atoms with Crippen molar-refractivity contribution in [1.29, 1.82) is 0 Å². The highest BCUT2D eigenvalue weighted by Crippen LogP contribution is 2.37. The largest absolute Gasteiger partial charge is 0.352 e. The van der Waals surface area contributed by atoms with Crippen LogP contribution in [0.15, 0.2) is 34.5 Å². The summed E-state index contributed by atoms with van der Waals surface area (Å²) in [5.41, 5.74) is 0.634. The fourth-order valence-electron chi connectivity index (χ4n) is 1.87. The quantitative estimate of drug-likeness (QED) is 0.769. The van der Waals surface area contributed by atoms with Gasteiger partial charge in [-0.2, -0.15) is 10.2 Å². The van der Waals surface area contributed by atoms with Crippen molar-refractivity contribution in [3.63, 3.8) is 0 Å². The lowest BCUT2D eigenvalue weighted by Gasteiger charge is -2.09. The first-order valence-corrected chi connectivity index (χ1v) is 6.90. The number of halogens is 1. The fourth-order valence-corrected chi connectivity index (χ4v) is 2.00. The number of nitrogens with one attached hydrogen (secondary N) is 1. The normalized spacial score (nSPS) is 14.6. The minimum atomic E-state index is -0.385. The summed E-state index contributed by atoms with van der Waals surface area (Å²) in [7, 11) is 0. The molecule has 20 heavy (non-hydrogen) atoms. The average Bonchev–Trinajstić information content (AvgIpc) is 3.23. The average molecular weight is 290 g/mol. The van der Waals surface area contributed by atoms with Gasteiger partial charge in [-0.05, 0) is 17.7 Å². The van der Waals surface area contributed by atoms with Gasteiger partial charge in [-0.25, -0.2) is 0 Å². The Bertz CT molecular complexity index is 539. The lowest BCUT2D eigenvalue weighted by molar-refractivity contribution is -0.121. The van der Waals surface area contributed by atoms with Gasteiger partial charge >= 0.3 is 0 Å². The molecule has 1 aromatic rings. The molecular formula is C15H16ClN3O. The molecule has 1 aliphatic heterocycles. The zero-order chi connectivity index (χ0) is 14.4. The van der Waals surface area contributed by atoms with Crippen LogP contribution in [0.25, 0.3) is 0 Å². The highest BCUT2D eigenvalue weighted by Gasteiger charge is 2.39. The molecular weight excluding hydrogens is 274 g/mol. The van der Waals surface area contributed by atoms with E-state index in [4.69, 9.17) is 18.0 Å². The highest BCUT2D eigenvalue weighted by atomic mass is 35.5. The SMILES string of the molecule is C#CCCC1(CCC(=O)NCc2ccc(Cl)cc2)N=N1. The van der Waals surface area contributed by atoms with Gasteiger partial charge in [-0.1, -0.05) is 23.7 Å². The number of rotatable bonds is 7. The summed E-state index contributed by atoms with van der Waals surface area (Å²) in [5, 5.41) is 11.6. The number of carbonyl (C=O) groups is 1. The van der Waals surface area contributed by atoms with Crippen molar-refractivity contribution in [2.24, 2.45) is 10.2 Å². The maximum absolute atomic E-state index is 11.8. The van der Waals surface area contributed by atoms with Crippen molar-refractivity contribution >= 4 is 17.5 Å². The molecule has 0 saturated heterocycles. The van der Waals surface area contributed by atoms with Crippen LogP contribution in [0.2, 0.25) is 5.02 Å². The van der Waals surface area contributed by atoms with Gasteiger partial charge in [0.1, 0.15) is 0 Å². The zero-order valence-corrected chi connectivity index (χ0v) is 11.9. The van der Waals surface area contributed by atoms with Crippen LogP contribution in [0, 0.1) is 12.3 Å². The van der Waals surface area contributed by atoms with Crippen LogP contribution in [-0.4, -0.2) is 11.6 Å². The molecule has 0 unspecified atom stereocenters. The molecule has 1 N–H and O–H groups in total. The summed E-state index contributed by atoms with van der Waals surface area (Å²) in [6, 6.07) is 7.39. The predicted molar refractivity (Wildman–Crippen MR) is 78.2 cm³/mol. The van der Waals surface area contributed by atoms with E-state index < -0.39 is 0 Å². The second kappa shape index (κ2) is 6.53. The summed E-state index contributed by atoms with van der Waals surface area (Å²) in [5.74, 6) is 2.57. The summed E-state index contributed by atoms with van der Waals surface area (Å²) >= 11 is 5.80. The Labute approximate surface area is 123 Å². The molecule has 5 heteroatoms. The van der Waals surface area contributed by atoms with E-state index in [1.165, 1.54) is 0 Å². The summed E-state index contributed by atoms with van der Waals surface area (Å²) in [6.45, 7) is 0.502. The van der Waals surface area contributed by atoms with E-state index in [1.54, 1.807) is 12.1 Å². The number of carbonyl (C=O) groups excluding carboxylic acids is 1. The minimum Gasteiger partial charge on any atom is -0.352 e. The number of terminal acetylenes is 1. The van der Waals surface area contributed by atoms with Gasteiger partial charge in [-0.3, -0.25) is 4.79 Å². The Balaban J connectivity index is 1.68. The van der Waals surface area contributed by atoms with Gasteiger partial charge in [0.2, 0.25) is 5.91 Å². The maximum Gasteiger partial charge on any atom is 0.220 e. The lowest BCUT2D eigenvalue weighted by Crippen LogP contribution is -2.24. The molecule has 0 atom stereocenters. The van der Waals surface area contributed by atoms with Crippen molar-refractivity contribution < 1.29 is 4.79 Å². The first-order chi connectivity index (χ1) is 9.63. The van der Waals surface area contributed by atoms with Crippen molar-refractivity contribution in [3.05, 3.63) is 34.9 Å². The number of hydrogen-bond donors (Lipinski definition) is 1. The Morgan fingerprint density at radius 3 is 2.60 bits per heavy atom. The Morgan fingerprint density at radius 1 is 1.30 bits per heavy atom. The molecule has 1 amide bonds. The van der Waals surface area contributed by atoms with E-state index in [0.717, 1.165) is 12.0 Å². The maximum atomic E-state index is 11.8. The molecule has 0 fully saturated rings. The highest BCUT2D eigenvalue weighted by molar-refractivity contribution is 6.30. The third-order valence-corrected chi connectivity index (χ3v) is 3.46. The Morgan fingerprint density at radius 2 is 2.00 bits per heavy atom. The van der Waals surface area contributed by atoms with Crippen molar-refractivity contribution in [3.8, 4) is 12.3 Å². The van der Waals surface area contributed by atoms with Gasteiger partial charge in [-0.15, -0.1) is 12.3 Å². The van der Waals surface area contributed by atoms with E-state index in [0.29, 0.717) is 30.8 Å². The van der Waals surface area contributed by atoms with Crippen LogP contribution in [0.1, 0.15) is 31.2 Å². The van der Waals surface area contributed by atoms with E-state index in [2.05, 4.69) is 21.5 Å². The molecule has 1 aliphatic rings. The molecule has 1 aromatic carbocycles. The number of benzene rings is 1. The molecule has 0 bridgehead atoms. The van der Waals surface area contributed by atoms with Gasteiger partial charge < -0.3 is 5.32 Å². The molecule has 2 rings (SSSR count). The standard InChI is InChI=1S/C15H16ClN3O/c1-2-3-9-15(18-19-15)10-8-14(20)17-11-12-4-6-13(16)7-5-12/h1,4-7H,3,8-11H2,(H,17,20). The topological polar surface area (TPSA) is 53.8 Å². The second-order valence-electron chi connectivity index (χ2n) is 4.79. The van der Waals surface area contributed by atoms with Gasteiger partial charge in [0.25, 0.3) is 0 Å². The van der Waals surface area contributed by atoms with Crippen LogP contribution >= 0.6 is 11.6 Å². The van der Waals surface area contributed by atoms with Gasteiger partial charge in [0, 0.05) is 37.3 Å². The van der Waals surface area contributed by atoms with E-state index in [9.17, 15) is 4.79 Å². The zero-order valence-electron chi connectivity index (χ0n) is 11.1. The minimum absolute atomic E-state index is 0.00247. The van der Waals surface area contributed by atoms with Crippen LogP contribution in [-0.2, 0) is 11.3 Å². The predicted octanol–water partition coefficient (Wildman–Crippen LogP) is 3.31. The molecule has 0 radical (unpaired) electrons. The van der Waals surface area contributed by atoms with Crippen molar-refractivity contribution in [1.82, 2.24) is 5.32 Å². The summed E-state index contributed by atoms with van der Waals surface area (Å²) in [4.78, 5) is 11.8. The number of amides is 1. The molecule has 0 spiro atoms. The smallest absolute Gasteiger partial charge is 0.220 e. The first kappa shape index (κ1) is 14.5. The first-order valence-electron chi connectivity index (χ1n) is 6.52. The van der Waals surface area contributed by atoms with Crippen LogP contribution in [0.5, 0.6) is 0 Å². The van der Waals surface area contributed by atoms with Crippen LogP contribution in [0.3, 0.4) is 0 Å². The molecule has 1 heterocycles. The number of hydrogen-bond acceptors (Lipinski definition) is 3. The number of nitrogens with zero attached hydrogens (tertiary/aromatic N) is 2. The van der Waals surface area contributed by atoms with Gasteiger partial charge in [0.15, 0.2) is 5.66 Å². The molecule has 0 aromatic heterocycles. The Hall–Kier alpha value is -1.86. The molecule has 104 valence electrons.